The van der Waals surface area contributed by atoms with Crippen molar-refractivity contribution in [3.8, 4) is 0 Å². The minimum atomic E-state index is -0.520. The molecule has 172 valence electrons. The van der Waals surface area contributed by atoms with Gasteiger partial charge in [-0.3, -0.25) is 14.4 Å². The van der Waals surface area contributed by atoms with Crippen molar-refractivity contribution in [1.82, 2.24) is 0 Å². The third-order valence-electron chi connectivity index (χ3n) is 10.7. The van der Waals surface area contributed by atoms with Gasteiger partial charge < -0.3 is 0 Å². The van der Waals surface area contributed by atoms with Crippen LogP contribution in [0.1, 0.15) is 79.1 Å². The molecule has 4 saturated carbocycles. The van der Waals surface area contributed by atoms with Crippen LogP contribution < -0.4 is 0 Å². The van der Waals surface area contributed by atoms with Gasteiger partial charge in [-0.1, -0.05) is 45.8 Å². The molecule has 0 saturated heterocycles. The number of isothiocyanates is 1. The van der Waals surface area contributed by atoms with Gasteiger partial charge in [0.25, 0.3) is 5.91 Å². The van der Waals surface area contributed by atoms with Crippen molar-refractivity contribution in [2.75, 3.05) is 0 Å². The van der Waals surface area contributed by atoms with Gasteiger partial charge in [0.05, 0.1) is 10.6 Å². The molecule has 0 radical (unpaired) electrons. The number of hydrogen-bond donors (Lipinski definition) is 0. The lowest BCUT2D eigenvalue weighted by Gasteiger charge is -2.70. The molecule has 8 unspecified atom stereocenters. The third-order valence-corrected chi connectivity index (χ3v) is 10.7. The summed E-state index contributed by atoms with van der Waals surface area (Å²) in [5.74, 6) is 1.36. The predicted molar refractivity (Wildman–Crippen MR) is 126 cm³/mol. The van der Waals surface area contributed by atoms with E-state index in [2.05, 4.69) is 43.9 Å². The van der Waals surface area contributed by atoms with Crippen LogP contribution in [0.3, 0.4) is 0 Å². The zero-order valence-electron chi connectivity index (χ0n) is 19.8. The third kappa shape index (κ3) is 2.70. The number of rotatable bonds is 2. The first-order chi connectivity index (χ1) is 15.1. The van der Waals surface area contributed by atoms with Gasteiger partial charge in [0.2, 0.25) is 0 Å². The number of Topliss-reactive ketones (excluding diaryl/α,β-unsaturated/α-hetero) is 2. The fraction of sp³-hybridized carbons (Fsp3) is 0.778. The lowest BCUT2D eigenvalue weighted by Crippen LogP contribution is -2.67. The van der Waals surface area contributed by atoms with Gasteiger partial charge in [-0.2, -0.15) is 4.99 Å². The average Bonchev–Trinajstić information content (AvgIpc) is 2.75. The molecule has 0 N–H and O–H groups in total. The van der Waals surface area contributed by atoms with Gasteiger partial charge in [-0.25, -0.2) is 0 Å². The first-order valence-electron chi connectivity index (χ1n) is 12.5. The van der Waals surface area contributed by atoms with E-state index in [1.807, 2.05) is 0 Å². The van der Waals surface area contributed by atoms with E-state index in [1.165, 1.54) is 5.57 Å². The summed E-state index contributed by atoms with van der Waals surface area (Å²) < 4.78 is 0. The lowest BCUT2D eigenvalue weighted by atomic mass is 9.33. The molecule has 6 aliphatic carbocycles. The number of carbonyl (C=O) groups is 3. The largest absolute Gasteiger partial charge is 0.299 e. The fourth-order valence-corrected chi connectivity index (χ4v) is 9.59. The van der Waals surface area contributed by atoms with Crippen LogP contribution >= 0.6 is 12.2 Å². The molecule has 32 heavy (non-hydrogen) atoms. The smallest absolute Gasteiger partial charge is 0.260 e. The molecular formula is C27H35NO3S. The van der Waals surface area contributed by atoms with E-state index in [4.69, 9.17) is 12.2 Å². The maximum absolute atomic E-state index is 13.4. The quantitative estimate of drug-likeness (QED) is 0.310. The number of thiocarbonyl (C=S) groups is 1. The molecule has 6 rings (SSSR count). The van der Waals surface area contributed by atoms with E-state index < -0.39 is 5.41 Å². The molecule has 0 aliphatic heterocycles. The van der Waals surface area contributed by atoms with Crippen LogP contribution in [0.25, 0.3) is 0 Å². The molecule has 0 heterocycles. The molecule has 0 aromatic rings. The van der Waals surface area contributed by atoms with Crippen LogP contribution in [-0.2, 0) is 14.4 Å². The van der Waals surface area contributed by atoms with Crippen molar-refractivity contribution in [2.45, 2.75) is 79.1 Å². The maximum atomic E-state index is 13.4. The number of ketones is 2. The van der Waals surface area contributed by atoms with E-state index in [9.17, 15) is 14.4 Å². The van der Waals surface area contributed by atoms with Crippen molar-refractivity contribution in [2.24, 2.45) is 56.7 Å². The Hall–Kier alpha value is -1.45. The number of amides is 1. The Kier molecular flexibility index (Phi) is 5.08. The maximum Gasteiger partial charge on any atom is 0.260 e. The van der Waals surface area contributed by atoms with E-state index in [0.29, 0.717) is 36.2 Å². The topological polar surface area (TPSA) is 63.6 Å². The Labute approximate surface area is 196 Å². The Morgan fingerprint density at radius 2 is 1.84 bits per heavy atom. The summed E-state index contributed by atoms with van der Waals surface area (Å²) in [6, 6.07) is 0. The van der Waals surface area contributed by atoms with Crippen molar-refractivity contribution in [3.63, 3.8) is 0 Å². The van der Waals surface area contributed by atoms with Crippen molar-refractivity contribution < 1.29 is 14.4 Å². The Morgan fingerprint density at radius 1 is 1.12 bits per heavy atom. The molecule has 0 aromatic heterocycles. The second kappa shape index (κ2) is 7.27. The summed E-state index contributed by atoms with van der Waals surface area (Å²) in [6.07, 6.45) is 9.00. The van der Waals surface area contributed by atoms with Crippen LogP contribution in [0.15, 0.2) is 16.6 Å². The zero-order valence-corrected chi connectivity index (χ0v) is 20.6. The lowest BCUT2D eigenvalue weighted by molar-refractivity contribution is -0.193. The van der Waals surface area contributed by atoms with Crippen molar-refractivity contribution in [1.29, 1.82) is 0 Å². The molecular weight excluding hydrogens is 418 g/mol. The zero-order chi connectivity index (χ0) is 23.1. The number of nitrogens with zero attached hydrogens (tertiary/aromatic N) is 1. The highest BCUT2D eigenvalue weighted by molar-refractivity contribution is 7.78. The van der Waals surface area contributed by atoms with Gasteiger partial charge >= 0.3 is 0 Å². The van der Waals surface area contributed by atoms with Crippen LogP contribution in [0.4, 0.5) is 0 Å². The summed E-state index contributed by atoms with van der Waals surface area (Å²) in [4.78, 5) is 43.6. The highest BCUT2D eigenvalue weighted by Gasteiger charge is 2.70. The summed E-state index contributed by atoms with van der Waals surface area (Å²) >= 11 is 4.77. The molecule has 4 fully saturated rings. The number of hydrogen-bond acceptors (Lipinski definition) is 4. The summed E-state index contributed by atoms with van der Waals surface area (Å²) in [5, 5.41) is 2.31. The molecule has 4 nitrogen and oxygen atoms in total. The minimum Gasteiger partial charge on any atom is -0.299 e. The minimum absolute atomic E-state index is 0.0408. The van der Waals surface area contributed by atoms with Gasteiger partial charge in [-0.15, -0.1) is 0 Å². The van der Waals surface area contributed by atoms with E-state index >= 15 is 0 Å². The van der Waals surface area contributed by atoms with E-state index in [0.717, 1.165) is 38.5 Å². The highest BCUT2D eigenvalue weighted by atomic mass is 32.1. The van der Waals surface area contributed by atoms with Gasteiger partial charge in [0.15, 0.2) is 0 Å². The second-order valence-electron chi connectivity index (χ2n) is 12.1. The van der Waals surface area contributed by atoms with Gasteiger partial charge in [-0.05, 0) is 73.4 Å². The molecule has 0 aromatic carbocycles. The summed E-state index contributed by atoms with van der Waals surface area (Å²) in [5.41, 5.74) is 0.619. The van der Waals surface area contributed by atoms with Gasteiger partial charge in [0, 0.05) is 30.1 Å². The van der Waals surface area contributed by atoms with Crippen LogP contribution in [0.2, 0.25) is 0 Å². The number of aliphatic imine (C=N–C) groups is 1. The fourth-order valence-electron chi connectivity index (χ4n) is 9.51. The monoisotopic (exact) mass is 453 g/mol. The van der Waals surface area contributed by atoms with Crippen LogP contribution in [0, 0.1) is 51.8 Å². The Bertz CT molecular complexity index is 977. The first kappa shape index (κ1) is 22.3. The van der Waals surface area contributed by atoms with Crippen LogP contribution in [-0.4, -0.2) is 22.6 Å². The van der Waals surface area contributed by atoms with Gasteiger partial charge in [0.1, 0.15) is 11.6 Å². The molecule has 1 amide bonds. The first-order valence-corrected chi connectivity index (χ1v) is 12.9. The second-order valence-corrected chi connectivity index (χ2v) is 12.3. The summed E-state index contributed by atoms with van der Waals surface area (Å²) in [7, 11) is 0. The Morgan fingerprint density at radius 3 is 2.53 bits per heavy atom. The molecule has 6 aliphatic rings. The van der Waals surface area contributed by atoms with E-state index in [-0.39, 0.29) is 40.4 Å². The highest BCUT2D eigenvalue weighted by Crippen LogP contribution is 2.74. The normalized spacial score (nSPS) is 47.2. The number of carbonyl (C=O) groups excluding carboxylic acids is 3. The molecule has 1 spiro atoms. The van der Waals surface area contributed by atoms with Crippen molar-refractivity contribution >= 4 is 34.9 Å². The molecule has 8 atom stereocenters. The van der Waals surface area contributed by atoms with Crippen LogP contribution in [0.5, 0.6) is 0 Å². The average molecular weight is 454 g/mol. The molecule has 2 bridgehead atoms. The van der Waals surface area contributed by atoms with E-state index in [1.54, 1.807) is 0 Å². The molecule has 5 heteroatoms. The van der Waals surface area contributed by atoms with Crippen molar-refractivity contribution in [3.05, 3.63) is 11.6 Å². The predicted octanol–water partition coefficient (Wildman–Crippen LogP) is 5.61. The summed E-state index contributed by atoms with van der Waals surface area (Å²) in [6.45, 7) is 8.92. The number of fused-ring (bicyclic) bond motifs is 1. The standard InChI is InChI=1S/C27H35NO3S/c1-15(2)17-13-27-11-8-20-25(3,9-5-10-26(20,4)24(31)28-14-32)21(27)12-16(17)22-18(29)6-7-19(30)23(22)27/h13,15-16,20-23H,5-12H2,1-4H3. The SMILES string of the molecule is CC(C)C1=CC23CCC4C(C)(C(=O)N=C=S)CCCC4(C)C2CC1C1C(=O)CCC(=O)C13. The number of allylic oxidation sites excluding steroid dienone is 2. The Balaban J connectivity index is 1.65.